The first-order valence-corrected chi connectivity index (χ1v) is 13.9. The van der Waals surface area contributed by atoms with Crippen LogP contribution < -0.4 is 0 Å². The van der Waals surface area contributed by atoms with Crippen molar-refractivity contribution in [2.45, 2.75) is 31.7 Å². The molecule has 3 heterocycles. The Kier molecular flexibility index (Phi) is 12.7. The summed E-state index contributed by atoms with van der Waals surface area (Å²) in [4.78, 5) is 43.4. The van der Waals surface area contributed by atoms with Crippen molar-refractivity contribution >= 4 is 34.8 Å². The van der Waals surface area contributed by atoms with E-state index in [1.165, 1.54) is 23.3 Å². The number of carbonyl (C=O) groups is 4. The van der Waals surface area contributed by atoms with E-state index in [0.717, 1.165) is 69.6 Å². The number of aromatic nitrogens is 1. The number of rotatable bonds is 8. The van der Waals surface area contributed by atoms with Crippen LogP contribution in [-0.4, -0.2) is 92.0 Å². The molecule has 4 N–H and O–H groups in total. The molecule has 44 heavy (non-hydrogen) atoms. The van der Waals surface area contributed by atoms with Crippen LogP contribution in [0.4, 0.5) is 4.39 Å². The highest BCUT2D eigenvalue weighted by molar-refractivity contribution is 5.90. The molecular formula is C31H34FN3O9. The summed E-state index contributed by atoms with van der Waals surface area (Å²) in [5.41, 5.74) is 4.56. The zero-order chi connectivity index (χ0) is 32.1. The molecule has 1 fully saturated rings. The summed E-state index contributed by atoms with van der Waals surface area (Å²) < 4.78 is 18.7. The lowest BCUT2D eigenvalue weighted by Gasteiger charge is -2.34. The summed E-state index contributed by atoms with van der Waals surface area (Å²) in [7, 11) is 0. The molecule has 2 aromatic carbocycles. The highest BCUT2D eigenvalue weighted by atomic mass is 19.1. The van der Waals surface area contributed by atoms with Gasteiger partial charge in [-0.25, -0.2) is 23.6 Å². The van der Waals surface area contributed by atoms with Gasteiger partial charge in [-0.15, -0.1) is 0 Å². The fourth-order valence-corrected chi connectivity index (χ4v) is 4.97. The molecule has 5 rings (SSSR count). The highest BCUT2D eigenvalue weighted by Crippen LogP contribution is 2.32. The Bertz CT molecular complexity index is 1440. The first-order chi connectivity index (χ1) is 21.0. The molecule has 2 aliphatic heterocycles. The standard InChI is InChI=1S/C23H26FN3O.2C4H4O4/c24-20-5-6-21-22(15-20)28-25-23(21)18-8-10-26(11-9-18)13-14-27-12-7-17-3-1-2-4-19(17)16-27;2*5-3(6)1-2-4(7)8/h1-6,15,18H,7-14,16H2;2*1-2H,(H,5,6)(H,7,8)/b;2*2-1+. The average Bonchev–Trinajstić information content (AvgIpc) is 3.42. The van der Waals surface area contributed by atoms with Crippen molar-refractivity contribution in [1.29, 1.82) is 0 Å². The molecule has 0 unspecified atom stereocenters. The van der Waals surface area contributed by atoms with Crippen molar-refractivity contribution in [1.82, 2.24) is 15.0 Å². The number of hydrogen-bond donors (Lipinski definition) is 4. The number of likely N-dealkylation sites (tertiary alicyclic amines) is 1. The zero-order valence-electron chi connectivity index (χ0n) is 23.8. The van der Waals surface area contributed by atoms with E-state index in [1.54, 1.807) is 6.07 Å². The van der Waals surface area contributed by atoms with Crippen molar-refractivity contribution in [3.05, 3.63) is 89.4 Å². The van der Waals surface area contributed by atoms with Gasteiger partial charge in [-0.3, -0.25) is 4.90 Å². The van der Waals surface area contributed by atoms with Gasteiger partial charge in [-0.1, -0.05) is 29.4 Å². The largest absolute Gasteiger partial charge is 0.478 e. The maximum Gasteiger partial charge on any atom is 0.328 e. The van der Waals surface area contributed by atoms with E-state index in [1.807, 2.05) is 0 Å². The van der Waals surface area contributed by atoms with Gasteiger partial charge in [0, 0.05) is 67.9 Å². The third kappa shape index (κ3) is 11.1. The number of nitrogens with zero attached hydrogens (tertiary/aromatic N) is 3. The van der Waals surface area contributed by atoms with Crippen LogP contribution in [0.2, 0.25) is 0 Å². The molecular weight excluding hydrogens is 577 g/mol. The zero-order valence-corrected chi connectivity index (χ0v) is 23.8. The number of carboxylic acid groups (broad SMARTS) is 4. The number of benzene rings is 2. The van der Waals surface area contributed by atoms with Crippen LogP contribution in [0.15, 0.2) is 71.3 Å². The second kappa shape index (κ2) is 16.7. The van der Waals surface area contributed by atoms with Gasteiger partial charge >= 0.3 is 23.9 Å². The van der Waals surface area contributed by atoms with Crippen LogP contribution in [0.25, 0.3) is 11.0 Å². The molecule has 0 atom stereocenters. The smallest absolute Gasteiger partial charge is 0.328 e. The van der Waals surface area contributed by atoms with Gasteiger partial charge in [-0.2, -0.15) is 0 Å². The highest BCUT2D eigenvalue weighted by Gasteiger charge is 2.25. The fourth-order valence-electron chi connectivity index (χ4n) is 4.97. The predicted octanol–water partition coefficient (Wildman–Crippen LogP) is 3.63. The number of fused-ring (bicyclic) bond motifs is 2. The summed E-state index contributed by atoms with van der Waals surface area (Å²) in [5, 5.41) is 36.5. The fraction of sp³-hybridized carbons (Fsp3) is 0.323. The summed E-state index contributed by atoms with van der Waals surface area (Å²) in [6.45, 7) is 6.67. The molecule has 0 amide bonds. The maximum atomic E-state index is 13.4. The van der Waals surface area contributed by atoms with Crippen LogP contribution in [0, 0.1) is 5.82 Å². The Hall–Kier alpha value is -4.88. The molecule has 0 radical (unpaired) electrons. The Balaban J connectivity index is 0.000000275. The normalized spacial score (nSPS) is 15.7. The van der Waals surface area contributed by atoms with E-state index in [2.05, 4.69) is 39.2 Å². The lowest BCUT2D eigenvalue weighted by atomic mass is 9.91. The molecule has 1 saturated heterocycles. The van der Waals surface area contributed by atoms with Crippen molar-refractivity contribution in [2.24, 2.45) is 0 Å². The van der Waals surface area contributed by atoms with E-state index in [-0.39, 0.29) is 5.82 Å². The number of piperidine rings is 1. The monoisotopic (exact) mass is 611 g/mol. The molecule has 13 heteroatoms. The van der Waals surface area contributed by atoms with Crippen LogP contribution in [0.5, 0.6) is 0 Å². The van der Waals surface area contributed by atoms with Crippen LogP contribution in [0.3, 0.4) is 0 Å². The predicted molar refractivity (Wildman–Crippen MR) is 157 cm³/mol. The summed E-state index contributed by atoms with van der Waals surface area (Å²) in [6, 6.07) is 13.5. The molecule has 0 aliphatic carbocycles. The first-order valence-electron chi connectivity index (χ1n) is 13.9. The van der Waals surface area contributed by atoms with Gasteiger partial charge in [0.1, 0.15) is 5.82 Å². The first kappa shape index (κ1) is 33.6. The molecule has 2 aliphatic rings. The lowest BCUT2D eigenvalue weighted by Crippen LogP contribution is -2.41. The summed E-state index contributed by atoms with van der Waals surface area (Å²) in [5.74, 6) is -4.89. The second-order valence-corrected chi connectivity index (χ2v) is 10.1. The Morgan fingerprint density at radius 2 is 1.34 bits per heavy atom. The Morgan fingerprint density at radius 1 is 0.795 bits per heavy atom. The van der Waals surface area contributed by atoms with Crippen LogP contribution in [0.1, 0.15) is 35.6 Å². The van der Waals surface area contributed by atoms with Gasteiger partial charge in [0.15, 0.2) is 5.58 Å². The van der Waals surface area contributed by atoms with E-state index in [4.69, 9.17) is 24.9 Å². The van der Waals surface area contributed by atoms with Crippen molar-refractivity contribution < 1.29 is 48.5 Å². The van der Waals surface area contributed by atoms with Crippen molar-refractivity contribution in [2.75, 3.05) is 32.7 Å². The number of carboxylic acids is 4. The van der Waals surface area contributed by atoms with Crippen molar-refractivity contribution in [3.8, 4) is 0 Å². The van der Waals surface area contributed by atoms with E-state index in [0.29, 0.717) is 35.8 Å². The third-order valence-corrected chi connectivity index (χ3v) is 7.12. The summed E-state index contributed by atoms with van der Waals surface area (Å²) in [6.07, 6.45) is 5.57. The Labute approximate surface area is 252 Å². The minimum absolute atomic E-state index is 0.273. The third-order valence-electron chi connectivity index (χ3n) is 7.12. The van der Waals surface area contributed by atoms with Gasteiger partial charge in [-0.05, 0) is 55.6 Å². The number of hydrogen-bond acceptors (Lipinski definition) is 8. The minimum Gasteiger partial charge on any atom is -0.478 e. The molecule has 0 spiro atoms. The van der Waals surface area contributed by atoms with Gasteiger partial charge in [0.25, 0.3) is 0 Å². The molecule has 0 saturated carbocycles. The molecule has 1 aromatic heterocycles. The van der Waals surface area contributed by atoms with Gasteiger partial charge in [0.05, 0.1) is 5.69 Å². The van der Waals surface area contributed by atoms with Crippen LogP contribution in [-0.2, 0) is 32.1 Å². The minimum atomic E-state index is -1.26. The topological polar surface area (TPSA) is 182 Å². The van der Waals surface area contributed by atoms with Gasteiger partial charge in [0.2, 0.25) is 0 Å². The molecule has 0 bridgehead atoms. The molecule has 234 valence electrons. The lowest BCUT2D eigenvalue weighted by molar-refractivity contribution is -0.134. The van der Waals surface area contributed by atoms with Crippen molar-refractivity contribution in [3.63, 3.8) is 0 Å². The quantitative estimate of drug-likeness (QED) is 0.272. The number of aliphatic carboxylic acids is 4. The van der Waals surface area contributed by atoms with E-state index in [9.17, 15) is 23.6 Å². The molecule has 3 aromatic rings. The number of halogens is 1. The van der Waals surface area contributed by atoms with Gasteiger partial charge < -0.3 is 29.8 Å². The van der Waals surface area contributed by atoms with Crippen LogP contribution >= 0.6 is 0 Å². The molecule has 12 nitrogen and oxygen atoms in total. The Morgan fingerprint density at radius 3 is 1.91 bits per heavy atom. The second-order valence-electron chi connectivity index (χ2n) is 10.1. The maximum absolute atomic E-state index is 13.4. The van der Waals surface area contributed by atoms with E-state index >= 15 is 0 Å². The average molecular weight is 612 g/mol. The van der Waals surface area contributed by atoms with E-state index < -0.39 is 23.9 Å². The SMILES string of the molecule is Fc1ccc2c(C3CCN(CCN4CCc5ccccc5C4)CC3)noc2c1.O=C(O)/C=C/C(=O)O.O=C(O)/C=C/C(=O)O. The summed E-state index contributed by atoms with van der Waals surface area (Å²) >= 11 is 0.